The average Bonchev–Trinajstić information content (AvgIpc) is 2.69. The minimum absolute atomic E-state index is 0.537. The van der Waals surface area contributed by atoms with Crippen LogP contribution < -0.4 is 10.6 Å². The predicted octanol–water partition coefficient (Wildman–Crippen LogP) is 3.14. The SMILES string of the molecule is Cc1ccc(C)c(NC(=S)Nc2cc(C)[nH]n2)c1. The molecule has 1 aromatic heterocycles. The molecule has 3 N–H and O–H groups in total. The van der Waals surface area contributed by atoms with E-state index in [1.165, 1.54) is 5.56 Å². The van der Waals surface area contributed by atoms with Crippen LogP contribution in [0.2, 0.25) is 0 Å². The van der Waals surface area contributed by atoms with Gasteiger partial charge < -0.3 is 10.6 Å². The minimum Gasteiger partial charge on any atom is -0.332 e. The van der Waals surface area contributed by atoms with Crippen molar-refractivity contribution in [2.24, 2.45) is 0 Å². The Kier molecular flexibility index (Phi) is 3.62. The van der Waals surface area contributed by atoms with Gasteiger partial charge >= 0.3 is 0 Å². The fourth-order valence-corrected chi connectivity index (χ4v) is 1.84. The number of rotatable bonds is 2. The number of hydrogen-bond acceptors (Lipinski definition) is 2. The van der Waals surface area contributed by atoms with Crippen molar-refractivity contribution in [3.63, 3.8) is 0 Å². The summed E-state index contributed by atoms with van der Waals surface area (Å²) < 4.78 is 0. The highest BCUT2D eigenvalue weighted by molar-refractivity contribution is 7.80. The average molecular weight is 260 g/mol. The lowest BCUT2D eigenvalue weighted by molar-refractivity contribution is 1.05. The first kappa shape index (κ1) is 12.6. The van der Waals surface area contributed by atoms with Crippen molar-refractivity contribution < 1.29 is 0 Å². The molecule has 0 unspecified atom stereocenters. The summed E-state index contributed by atoms with van der Waals surface area (Å²) in [5.41, 5.74) is 4.36. The van der Waals surface area contributed by atoms with Crippen LogP contribution in [0.3, 0.4) is 0 Å². The largest absolute Gasteiger partial charge is 0.332 e. The van der Waals surface area contributed by atoms with Gasteiger partial charge in [-0.05, 0) is 50.2 Å². The van der Waals surface area contributed by atoms with E-state index in [0.717, 1.165) is 22.8 Å². The third-order valence-corrected chi connectivity index (χ3v) is 2.79. The highest BCUT2D eigenvalue weighted by Crippen LogP contribution is 2.16. The third kappa shape index (κ3) is 3.07. The Morgan fingerprint density at radius 3 is 2.61 bits per heavy atom. The van der Waals surface area contributed by atoms with Crippen LogP contribution in [0.15, 0.2) is 24.3 Å². The lowest BCUT2D eigenvalue weighted by Gasteiger charge is -2.11. The summed E-state index contributed by atoms with van der Waals surface area (Å²) in [6, 6.07) is 8.11. The fourth-order valence-electron chi connectivity index (χ4n) is 1.62. The van der Waals surface area contributed by atoms with E-state index >= 15 is 0 Å². The van der Waals surface area contributed by atoms with Crippen LogP contribution in [0.5, 0.6) is 0 Å². The van der Waals surface area contributed by atoms with E-state index in [2.05, 4.69) is 46.0 Å². The zero-order valence-corrected chi connectivity index (χ0v) is 11.5. The molecule has 1 aromatic carbocycles. The number of nitrogens with one attached hydrogen (secondary N) is 3. The molecule has 2 aromatic rings. The summed E-state index contributed by atoms with van der Waals surface area (Å²) in [6.45, 7) is 6.04. The molecule has 4 nitrogen and oxygen atoms in total. The molecule has 0 aliphatic carbocycles. The lowest BCUT2D eigenvalue weighted by atomic mass is 10.1. The van der Waals surface area contributed by atoms with Crippen molar-refractivity contribution in [1.29, 1.82) is 0 Å². The first-order valence-corrected chi connectivity index (χ1v) is 6.12. The Hall–Kier alpha value is -1.88. The van der Waals surface area contributed by atoms with Gasteiger partial charge in [-0.15, -0.1) is 0 Å². The molecule has 5 heteroatoms. The van der Waals surface area contributed by atoms with Gasteiger partial charge in [-0.3, -0.25) is 5.10 Å². The van der Waals surface area contributed by atoms with E-state index in [9.17, 15) is 0 Å². The summed E-state index contributed by atoms with van der Waals surface area (Å²) in [5, 5.41) is 13.7. The smallest absolute Gasteiger partial charge is 0.176 e. The predicted molar refractivity (Wildman–Crippen MR) is 79.1 cm³/mol. The molecule has 0 bridgehead atoms. The van der Waals surface area contributed by atoms with Gasteiger partial charge in [-0.25, -0.2) is 0 Å². The van der Waals surface area contributed by atoms with Crippen LogP contribution >= 0.6 is 12.2 Å². The second-order valence-corrected chi connectivity index (χ2v) is 4.74. The molecular weight excluding hydrogens is 244 g/mol. The molecule has 0 saturated carbocycles. The van der Waals surface area contributed by atoms with Crippen LogP contribution in [0.1, 0.15) is 16.8 Å². The van der Waals surface area contributed by atoms with Crippen LogP contribution in [0, 0.1) is 20.8 Å². The fraction of sp³-hybridized carbons (Fsp3) is 0.231. The van der Waals surface area contributed by atoms with Gasteiger partial charge in [0.1, 0.15) is 0 Å². The van der Waals surface area contributed by atoms with E-state index in [1.807, 2.05) is 19.9 Å². The van der Waals surface area contributed by atoms with E-state index in [-0.39, 0.29) is 0 Å². The Balaban J connectivity index is 2.05. The Morgan fingerprint density at radius 1 is 1.17 bits per heavy atom. The van der Waals surface area contributed by atoms with Crippen molar-refractivity contribution in [2.75, 3.05) is 10.6 Å². The van der Waals surface area contributed by atoms with Crippen LogP contribution in [0.25, 0.3) is 0 Å². The molecule has 0 atom stereocenters. The van der Waals surface area contributed by atoms with Crippen LogP contribution in [-0.4, -0.2) is 15.3 Å². The summed E-state index contributed by atoms with van der Waals surface area (Å²) >= 11 is 5.25. The maximum absolute atomic E-state index is 5.25. The molecule has 0 aliphatic heterocycles. The number of thiocarbonyl (C=S) groups is 1. The summed E-state index contributed by atoms with van der Waals surface area (Å²) in [6.07, 6.45) is 0. The summed E-state index contributed by atoms with van der Waals surface area (Å²) in [4.78, 5) is 0. The molecule has 0 amide bonds. The number of benzene rings is 1. The molecule has 94 valence electrons. The van der Waals surface area contributed by atoms with Gasteiger partial charge in [0.15, 0.2) is 10.9 Å². The number of H-pyrrole nitrogens is 1. The maximum atomic E-state index is 5.25. The van der Waals surface area contributed by atoms with Gasteiger partial charge in [0.05, 0.1) is 0 Å². The number of aromatic nitrogens is 2. The quantitative estimate of drug-likeness (QED) is 0.726. The molecule has 0 aliphatic rings. The summed E-state index contributed by atoms with van der Waals surface area (Å²) in [7, 11) is 0. The normalized spacial score (nSPS) is 10.2. The number of aryl methyl sites for hydroxylation is 3. The van der Waals surface area contributed by atoms with Gasteiger partial charge in [0.2, 0.25) is 0 Å². The van der Waals surface area contributed by atoms with Crippen molar-refractivity contribution in [2.45, 2.75) is 20.8 Å². The van der Waals surface area contributed by atoms with Gasteiger partial charge in [0.25, 0.3) is 0 Å². The van der Waals surface area contributed by atoms with E-state index < -0.39 is 0 Å². The topological polar surface area (TPSA) is 52.7 Å². The minimum atomic E-state index is 0.537. The molecule has 2 rings (SSSR count). The number of nitrogens with zero attached hydrogens (tertiary/aromatic N) is 1. The molecule has 18 heavy (non-hydrogen) atoms. The maximum Gasteiger partial charge on any atom is 0.176 e. The molecular formula is C13H16N4S. The summed E-state index contributed by atoms with van der Waals surface area (Å²) in [5.74, 6) is 0.718. The molecule has 1 heterocycles. The number of anilines is 2. The zero-order valence-electron chi connectivity index (χ0n) is 10.7. The number of hydrogen-bond donors (Lipinski definition) is 3. The number of aromatic amines is 1. The van der Waals surface area contributed by atoms with Gasteiger partial charge in [-0.2, -0.15) is 5.10 Å². The zero-order chi connectivity index (χ0) is 13.1. The molecule has 0 saturated heterocycles. The third-order valence-electron chi connectivity index (χ3n) is 2.59. The van der Waals surface area contributed by atoms with Crippen molar-refractivity contribution in [1.82, 2.24) is 10.2 Å². The van der Waals surface area contributed by atoms with Gasteiger partial charge in [-0.1, -0.05) is 12.1 Å². The standard InChI is InChI=1S/C13H16N4S/c1-8-4-5-9(2)11(6-8)14-13(18)15-12-7-10(3)16-17-12/h4-7H,1-3H3,(H3,14,15,16,17,18). The van der Waals surface area contributed by atoms with Gasteiger partial charge in [0, 0.05) is 17.4 Å². The monoisotopic (exact) mass is 260 g/mol. The van der Waals surface area contributed by atoms with E-state index in [1.54, 1.807) is 0 Å². The van der Waals surface area contributed by atoms with Crippen molar-refractivity contribution in [3.8, 4) is 0 Å². The first-order valence-electron chi connectivity index (χ1n) is 5.72. The van der Waals surface area contributed by atoms with Crippen LogP contribution in [-0.2, 0) is 0 Å². The van der Waals surface area contributed by atoms with E-state index in [4.69, 9.17) is 12.2 Å². The first-order chi connectivity index (χ1) is 8.54. The van der Waals surface area contributed by atoms with Crippen molar-refractivity contribution >= 4 is 28.8 Å². The highest BCUT2D eigenvalue weighted by atomic mass is 32.1. The highest BCUT2D eigenvalue weighted by Gasteiger charge is 2.03. The molecule has 0 spiro atoms. The molecule has 0 radical (unpaired) electrons. The Morgan fingerprint density at radius 2 is 1.94 bits per heavy atom. The Bertz CT molecular complexity index is 574. The molecule has 0 fully saturated rings. The lowest BCUT2D eigenvalue weighted by Crippen LogP contribution is -2.19. The van der Waals surface area contributed by atoms with Crippen LogP contribution in [0.4, 0.5) is 11.5 Å². The van der Waals surface area contributed by atoms with E-state index in [0.29, 0.717) is 5.11 Å². The Labute approximate surface area is 112 Å². The second kappa shape index (κ2) is 5.18. The van der Waals surface area contributed by atoms with Crippen molar-refractivity contribution in [3.05, 3.63) is 41.1 Å². The second-order valence-electron chi connectivity index (χ2n) is 4.33.